The van der Waals surface area contributed by atoms with Crippen molar-refractivity contribution in [2.24, 2.45) is 0 Å². The monoisotopic (exact) mass is 400 g/mol. The third-order valence-electron chi connectivity index (χ3n) is 4.09. The molecule has 0 unspecified atom stereocenters. The summed E-state index contributed by atoms with van der Waals surface area (Å²) in [4.78, 5) is 25.6. The lowest BCUT2D eigenvalue weighted by molar-refractivity contribution is -0.115. The molecule has 5 nitrogen and oxygen atoms in total. The van der Waals surface area contributed by atoms with Crippen molar-refractivity contribution in [1.29, 1.82) is 0 Å². The highest BCUT2D eigenvalue weighted by atomic mass is 32.1. The first-order valence-corrected chi connectivity index (χ1v) is 9.97. The average Bonchev–Trinajstić information content (AvgIpc) is 3.21. The van der Waals surface area contributed by atoms with Crippen LogP contribution in [0.5, 0.6) is 0 Å². The number of anilines is 1. The van der Waals surface area contributed by atoms with E-state index in [1.807, 2.05) is 30.3 Å². The van der Waals surface area contributed by atoms with Crippen LogP contribution in [0, 0.1) is 0 Å². The number of esters is 1. The van der Waals surface area contributed by atoms with E-state index in [2.05, 4.69) is 10.6 Å². The number of thiocarbonyl (C=S) groups is 1. The molecule has 27 heavy (non-hydrogen) atoms. The maximum Gasteiger partial charge on any atom is 0.341 e. The normalized spacial score (nSPS) is 12.6. The Hall–Kier alpha value is -2.51. The van der Waals surface area contributed by atoms with Crippen LogP contribution in [-0.2, 0) is 22.4 Å². The molecule has 1 heterocycles. The van der Waals surface area contributed by atoms with Crippen LogP contribution in [0.15, 0.2) is 36.4 Å². The van der Waals surface area contributed by atoms with Gasteiger partial charge < -0.3 is 10.1 Å². The van der Waals surface area contributed by atoms with Crippen LogP contribution in [0.1, 0.15) is 39.7 Å². The van der Waals surface area contributed by atoms with E-state index < -0.39 is 0 Å². The summed E-state index contributed by atoms with van der Waals surface area (Å²) in [7, 11) is 0. The van der Waals surface area contributed by atoms with Gasteiger partial charge in [-0.25, -0.2) is 4.79 Å². The fraction of sp³-hybridized carbons (Fsp3) is 0.250. The molecule has 140 valence electrons. The third-order valence-corrected chi connectivity index (χ3v) is 5.50. The quantitative estimate of drug-likeness (QED) is 0.452. The van der Waals surface area contributed by atoms with Crippen molar-refractivity contribution in [3.05, 3.63) is 58.0 Å². The van der Waals surface area contributed by atoms with Gasteiger partial charge in [-0.15, -0.1) is 11.3 Å². The average molecular weight is 401 g/mol. The lowest BCUT2D eigenvalue weighted by Crippen LogP contribution is -2.33. The van der Waals surface area contributed by atoms with E-state index in [-0.39, 0.29) is 17.0 Å². The molecule has 1 aliphatic rings. The molecular weight excluding hydrogens is 380 g/mol. The second-order valence-electron chi connectivity index (χ2n) is 5.97. The Balaban J connectivity index is 1.66. The molecule has 1 aliphatic carbocycles. The number of fused-ring (bicyclic) bond motifs is 1. The smallest absolute Gasteiger partial charge is 0.341 e. The van der Waals surface area contributed by atoms with Gasteiger partial charge in [-0.05, 0) is 55.6 Å². The maximum atomic E-state index is 12.4. The summed E-state index contributed by atoms with van der Waals surface area (Å²) in [5.41, 5.74) is 2.51. The van der Waals surface area contributed by atoms with Crippen molar-refractivity contribution < 1.29 is 14.3 Å². The number of rotatable bonds is 5. The van der Waals surface area contributed by atoms with E-state index >= 15 is 0 Å². The van der Waals surface area contributed by atoms with Gasteiger partial charge in [0, 0.05) is 11.0 Å². The number of nitrogens with one attached hydrogen (secondary N) is 2. The van der Waals surface area contributed by atoms with Crippen molar-refractivity contribution in [3.63, 3.8) is 0 Å². The lowest BCUT2D eigenvalue weighted by atomic mass is 10.1. The van der Waals surface area contributed by atoms with E-state index in [1.165, 1.54) is 22.3 Å². The minimum absolute atomic E-state index is 0.156. The molecule has 3 rings (SSSR count). The molecular formula is C20H20N2O3S2. The summed E-state index contributed by atoms with van der Waals surface area (Å²) >= 11 is 6.74. The zero-order chi connectivity index (χ0) is 19.2. The first-order chi connectivity index (χ1) is 13.1. The lowest BCUT2D eigenvalue weighted by Gasteiger charge is -2.10. The van der Waals surface area contributed by atoms with Gasteiger partial charge in [0.15, 0.2) is 5.11 Å². The Morgan fingerprint density at radius 1 is 1.26 bits per heavy atom. The highest BCUT2D eigenvalue weighted by Crippen LogP contribution is 2.39. The summed E-state index contributed by atoms with van der Waals surface area (Å²) in [6.45, 7) is 2.09. The van der Waals surface area contributed by atoms with Crippen molar-refractivity contribution in [1.82, 2.24) is 5.32 Å². The number of aryl methyl sites for hydroxylation is 1. The Morgan fingerprint density at radius 3 is 2.78 bits per heavy atom. The zero-order valence-electron chi connectivity index (χ0n) is 14.9. The Kier molecular flexibility index (Phi) is 6.36. The number of hydrogen-bond donors (Lipinski definition) is 2. The van der Waals surface area contributed by atoms with Gasteiger partial charge in [0.1, 0.15) is 5.00 Å². The topological polar surface area (TPSA) is 67.4 Å². The fourth-order valence-electron chi connectivity index (χ4n) is 2.94. The molecule has 1 amide bonds. The van der Waals surface area contributed by atoms with E-state index in [1.54, 1.807) is 13.0 Å². The molecule has 0 atom stereocenters. The maximum absolute atomic E-state index is 12.4. The van der Waals surface area contributed by atoms with Crippen molar-refractivity contribution >= 4 is 51.6 Å². The van der Waals surface area contributed by atoms with Crippen molar-refractivity contribution in [2.75, 3.05) is 11.9 Å². The molecule has 7 heteroatoms. The fourth-order valence-corrected chi connectivity index (χ4v) is 4.48. The van der Waals surface area contributed by atoms with Gasteiger partial charge in [0.2, 0.25) is 5.91 Å². The van der Waals surface area contributed by atoms with Gasteiger partial charge >= 0.3 is 5.97 Å². The number of ether oxygens (including phenoxy) is 1. The summed E-state index contributed by atoms with van der Waals surface area (Å²) in [5, 5.41) is 6.39. The molecule has 2 aromatic rings. The number of hydrogen-bond acceptors (Lipinski definition) is 5. The zero-order valence-corrected chi connectivity index (χ0v) is 16.5. The molecule has 2 N–H and O–H groups in total. The molecule has 1 aromatic carbocycles. The van der Waals surface area contributed by atoms with Gasteiger partial charge in [-0.3, -0.25) is 10.1 Å². The molecule has 1 aromatic heterocycles. The SMILES string of the molecule is CCOC(=O)c1c(NC(=S)NC(=O)/C=C/c2ccccc2)sc2c1CCC2. The summed E-state index contributed by atoms with van der Waals surface area (Å²) in [5.74, 6) is -0.685. The molecule has 0 aliphatic heterocycles. The predicted octanol–water partition coefficient (Wildman–Crippen LogP) is 3.94. The highest BCUT2D eigenvalue weighted by Gasteiger charge is 2.27. The van der Waals surface area contributed by atoms with Crippen LogP contribution in [0.3, 0.4) is 0 Å². The van der Waals surface area contributed by atoms with Crippen LogP contribution in [-0.4, -0.2) is 23.6 Å². The standard InChI is InChI=1S/C20H20N2O3S2/c1-2-25-19(24)17-14-9-6-10-15(14)27-18(17)22-20(26)21-16(23)12-11-13-7-4-3-5-8-13/h3-5,7-8,11-12H,2,6,9-10H2,1H3,(H2,21,22,23,26)/b12-11+. The van der Waals surface area contributed by atoms with Crippen LogP contribution < -0.4 is 10.6 Å². The second kappa shape index (κ2) is 8.92. The Bertz CT molecular complexity index is 888. The molecule has 0 spiro atoms. The largest absolute Gasteiger partial charge is 0.462 e. The number of carbonyl (C=O) groups is 2. The first-order valence-electron chi connectivity index (χ1n) is 8.75. The molecule has 0 bridgehead atoms. The van der Waals surface area contributed by atoms with E-state index in [9.17, 15) is 9.59 Å². The van der Waals surface area contributed by atoms with Gasteiger partial charge in [0.25, 0.3) is 0 Å². The highest BCUT2D eigenvalue weighted by molar-refractivity contribution is 7.80. The number of thiophene rings is 1. The minimum Gasteiger partial charge on any atom is -0.462 e. The van der Waals surface area contributed by atoms with Gasteiger partial charge in [-0.2, -0.15) is 0 Å². The number of amides is 1. The van der Waals surface area contributed by atoms with Crippen LogP contribution in [0.4, 0.5) is 5.00 Å². The Morgan fingerprint density at radius 2 is 2.04 bits per heavy atom. The summed E-state index contributed by atoms with van der Waals surface area (Å²) < 4.78 is 5.19. The van der Waals surface area contributed by atoms with Crippen LogP contribution >= 0.6 is 23.6 Å². The van der Waals surface area contributed by atoms with E-state index in [0.717, 1.165) is 30.4 Å². The number of carbonyl (C=O) groups excluding carboxylic acids is 2. The molecule has 0 saturated carbocycles. The summed E-state index contributed by atoms with van der Waals surface area (Å²) in [6.07, 6.45) is 5.98. The Labute approximate surface area is 167 Å². The number of benzene rings is 1. The molecule has 0 saturated heterocycles. The molecule has 0 radical (unpaired) electrons. The van der Waals surface area contributed by atoms with Crippen LogP contribution in [0.2, 0.25) is 0 Å². The summed E-state index contributed by atoms with van der Waals surface area (Å²) in [6, 6.07) is 9.52. The van der Waals surface area contributed by atoms with Gasteiger partial charge in [-0.1, -0.05) is 30.3 Å². The van der Waals surface area contributed by atoms with E-state index in [4.69, 9.17) is 17.0 Å². The van der Waals surface area contributed by atoms with Crippen molar-refractivity contribution in [3.8, 4) is 0 Å². The minimum atomic E-state index is -0.350. The van der Waals surface area contributed by atoms with Crippen LogP contribution in [0.25, 0.3) is 6.08 Å². The van der Waals surface area contributed by atoms with Gasteiger partial charge in [0.05, 0.1) is 12.2 Å². The first kappa shape index (κ1) is 19.3. The van der Waals surface area contributed by atoms with Crippen molar-refractivity contribution in [2.45, 2.75) is 26.2 Å². The predicted molar refractivity (Wildman–Crippen MR) is 112 cm³/mol. The molecule has 0 fully saturated rings. The second-order valence-corrected chi connectivity index (χ2v) is 7.48. The third kappa shape index (κ3) is 4.81. The van der Waals surface area contributed by atoms with E-state index in [0.29, 0.717) is 17.2 Å².